The largest absolute Gasteiger partial charge is 0.496 e. The Bertz CT molecular complexity index is 646. The normalized spacial score (nSPS) is 25.3. The first-order chi connectivity index (χ1) is 11.1. The van der Waals surface area contributed by atoms with Crippen LogP contribution >= 0.6 is 11.6 Å². The number of carbonyl (C=O) groups excluding carboxylic acids is 1. The molecule has 2 saturated heterocycles. The molecule has 1 atom stereocenters. The summed E-state index contributed by atoms with van der Waals surface area (Å²) in [6.07, 6.45) is 2.12. The summed E-state index contributed by atoms with van der Waals surface area (Å²) in [7, 11) is -0.516. The second-order valence-electron chi connectivity index (χ2n) is 7.81. The minimum absolute atomic E-state index is 0.0439. The molecule has 2 heterocycles. The summed E-state index contributed by atoms with van der Waals surface area (Å²) in [5.74, 6) is 0.0439. The van der Waals surface area contributed by atoms with Crippen LogP contribution < -0.4 is 5.46 Å². The second kappa shape index (κ2) is 6.04. The summed E-state index contributed by atoms with van der Waals surface area (Å²) in [5, 5.41) is 0.506. The van der Waals surface area contributed by atoms with Gasteiger partial charge in [-0.05, 0) is 59.6 Å². The molecule has 0 radical (unpaired) electrons. The molecule has 2 aliphatic heterocycles. The zero-order valence-electron chi connectivity index (χ0n) is 15.1. The quantitative estimate of drug-likeness (QED) is 0.769. The SMILES string of the molecule is C[C@@H]1CCCN1C(=O)c1ccc(B2OC(C)(C)C(C)(C)O2)c(Cl)c1. The summed E-state index contributed by atoms with van der Waals surface area (Å²) in [6.45, 7) is 10.9. The van der Waals surface area contributed by atoms with E-state index < -0.39 is 18.3 Å². The standard InChI is InChI=1S/C18H25BClNO3/c1-12-7-6-10-21(12)16(22)13-8-9-14(15(20)11-13)19-23-17(2,3)18(4,5)24-19/h8-9,11-12H,6-7,10H2,1-5H3/t12-/m1/s1. The first-order valence-electron chi connectivity index (χ1n) is 8.58. The number of benzene rings is 1. The van der Waals surface area contributed by atoms with E-state index in [-0.39, 0.29) is 5.91 Å². The average Bonchev–Trinajstić information content (AvgIpc) is 2.99. The van der Waals surface area contributed by atoms with Crippen LogP contribution in [0.4, 0.5) is 0 Å². The Hall–Kier alpha value is -1.04. The molecule has 0 saturated carbocycles. The molecule has 0 bridgehead atoms. The minimum Gasteiger partial charge on any atom is -0.399 e. The number of rotatable bonds is 2. The van der Waals surface area contributed by atoms with Gasteiger partial charge in [-0.25, -0.2) is 0 Å². The first kappa shape index (κ1) is 17.8. The van der Waals surface area contributed by atoms with Crippen molar-refractivity contribution < 1.29 is 14.1 Å². The zero-order chi connectivity index (χ0) is 17.7. The summed E-state index contributed by atoms with van der Waals surface area (Å²) >= 11 is 6.45. The molecule has 0 unspecified atom stereocenters. The maximum absolute atomic E-state index is 12.7. The lowest BCUT2D eigenvalue weighted by Gasteiger charge is -2.32. The lowest BCUT2D eigenvalue weighted by molar-refractivity contribution is 0.00578. The predicted octanol–water partition coefficient (Wildman–Crippen LogP) is 3.26. The third-order valence-corrected chi connectivity index (χ3v) is 5.90. The highest BCUT2D eigenvalue weighted by molar-refractivity contribution is 6.65. The number of nitrogens with zero attached hydrogens (tertiary/aromatic N) is 1. The molecular formula is C18H25BClNO3. The van der Waals surface area contributed by atoms with Crippen molar-refractivity contribution in [2.75, 3.05) is 6.54 Å². The Balaban J connectivity index is 1.82. The van der Waals surface area contributed by atoms with Gasteiger partial charge in [0.1, 0.15) is 0 Å². The Kier molecular flexibility index (Phi) is 4.48. The number of halogens is 1. The van der Waals surface area contributed by atoms with Crippen molar-refractivity contribution in [2.45, 2.75) is 64.7 Å². The van der Waals surface area contributed by atoms with Crippen LogP contribution in [0, 0.1) is 0 Å². The molecule has 3 rings (SSSR count). The van der Waals surface area contributed by atoms with Crippen LogP contribution in [0.25, 0.3) is 0 Å². The topological polar surface area (TPSA) is 38.8 Å². The van der Waals surface area contributed by atoms with E-state index >= 15 is 0 Å². The van der Waals surface area contributed by atoms with Crippen LogP contribution in [0.15, 0.2) is 18.2 Å². The summed E-state index contributed by atoms with van der Waals surface area (Å²) in [6, 6.07) is 5.69. The van der Waals surface area contributed by atoms with E-state index in [2.05, 4.69) is 6.92 Å². The summed E-state index contributed by atoms with van der Waals surface area (Å²) < 4.78 is 12.1. The molecule has 4 nitrogen and oxygen atoms in total. The van der Waals surface area contributed by atoms with Crippen molar-refractivity contribution in [3.63, 3.8) is 0 Å². The highest BCUT2D eigenvalue weighted by Crippen LogP contribution is 2.37. The number of hydrogen-bond acceptors (Lipinski definition) is 3. The third-order valence-electron chi connectivity index (χ3n) is 5.57. The van der Waals surface area contributed by atoms with E-state index in [0.29, 0.717) is 16.6 Å². The number of hydrogen-bond donors (Lipinski definition) is 0. The van der Waals surface area contributed by atoms with Crippen molar-refractivity contribution in [1.29, 1.82) is 0 Å². The van der Waals surface area contributed by atoms with Gasteiger partial charge >= 0.3 is 7.12 Å². The Labute approximate surface area is 149 Å². The molecule has 0 spiro atoms. The fraction of sp³-hybridized carbons (Fsp3) is 0.611. The van der Waals surface area contributed by atoms with E-state index in [1.807, 2.05) is 44.7 Å². The Morgan fingerprint density at radius 2 is 1.88 bits per heavy atom. The lowest BCUT2D eigenvalue weighted by atomic mass is 9.78. The monoisotopic (exact) mass is 349 g/mol. The lowest BCUT2D eigenvalue weighted by Crippen LogP contribution is -2.41. The van der Waals surface area contributed by atoms with Crippen molar-refractivity contribution in [3.05, 3.63) is 28.8 Å². The van der Waals surface area contributed by atoms with Gasteiger partial charge in [-0.15, -0.1) is 0 Å². The van der Waals surface area contributed by atoms with Crippen LogP contribution in [0.1, 0.15) is 57.8 Å². The van der Waals surface area contributed by atoms with E-state index in [0.717, 1.165) is 24.8 Å². The summed E-state index contributed by atoms with van der Waals surface area (Å²) in [4.78, 5) is 14.6. The van der Waals surface area contributed by atoms with Crippen molar-refractivity contribution in [3.8, 4) is 0 Å². The highest BCUT2D eigenvalue weighted by atomic mass is 35.5. The fourth-order valence-corrected chi connectivity index (χ4v) is 3.49. The fourth-order valence-electron chi connectivity index (χ4n) is 3.22. The molecule has 1 amide bonds. The summed E-state index contributed by atoms with van der Waals surface area (Å²) in [5.41, 5.74) is 0.552. The number of amides is 1. The highest BCUT2D eigenvalue weighted by Gasteiger charge is 2.52. The number of likely N-dealkylation sites (tertiary alicyclic amines) is 1. The molecule has 2 aliphatic rings. The third kappa shape index (κ3) is 2.98. The molecular weight excluding hydrogens is 324 g/mol. The first-order valence-corrected chi connectivity index (χ1v) is 8.96. The van der Waals surface area contributed by atoms with Crippen molar-refractivity contribution in [1.82, 2.24) is 4.90 Å². The van der Waals surface area contributed by atoms with Crippen LogP contribution in [0.5, 0.6) is 0 Å². The molecule has 0 aromatic heterocycles. The van der Waals surface area contributed by atoms with Gasteiger partial charge in [0.05, 0.1) is 11.2 Å². The van der Waals surface area contributed by atoms with Crippen LogP contribution in [0.2, 0.25) is 5.02 Å². The second-order valence-corrected chi connectivity index (χ2v) is 8.22. The van der Waals surface area contributed by atoms with Gasteiger partial charge in [0.25, 0.3) is 5.91 Å². The molecule has 1 aromatic carbocycles. The van der Waals surface area contributed by atoms with Crippen molar-refractivity contribution in [2.24, 2.45) is 0 Å². The molecule has 0 N–H and O–H groups in total. The molecule has 1 aromatic rings. The van der Waals surface area contributed by atoms with Crippen LogP contribution in [0.3, 0.4) is 0 Å². The van der Waals surface area contributed by atoms with E-state index in [4.69, 9.17) is 20.9 Å². The van der Waals surface area contributed by atoms with Crippen molar-refractivity contribution >= 4 is 30.1 Å². The van der Waals surface area contributed by atoms with Gasteiger partial charge in [0, 0.05) is 28.6 Å². The molecule has 6 heteroatoms. The van der Waals surface area contributed by atoms with Gasteiger partial charge in [-0.1, -0.05) is 17.7 Å². The van der Waals surface area contributed by atoms with E-state index in [9.17, 15) is 4.79 Å². The van der Waals surface area contributed by atoms with Gasteiger partial charge in [-0.3, -0.25) is 4.79 Å². The zero-order valence-corrected chi connectivity index (χ0v) is 15.8. The average molecular weight is 350 g/mol. The van der Waals surface area contributed by atoms with E-state index in [1.54, 1.807) is 6.07 Å². The van der Waals surface area contributed by atoms with Gasteiger partial charge in [0.15, 0.2) is 0 Å². The Morgan fingerprint density at radius 3 is 2.38 bits per heavy atom. The van der Waals surface area contributed by atoms with E-state index in [1.165, 1.54) is 0 Å². The van der Waals surface area contributed by atoms with Gasteiger partial charge < -0.3 is 14.2 Å². The molecule has 130 valence electrons. The van der Waals surface area contributed by atoms with Crippen LogP contribution in [-0.2, 0) is 9.31 Å². The van der Waals surface area contributed by atoms with Gasteiger partial charge in [0.2, 0.25) is 0 Å². The minimum atomic E-state index is -0.516. The maximum atomic E-state index is 12.7. The molecule has 24 heavy (non-hydrogen) atoms. The predicted molar refractivity (Wildman–Crippen MR) is 96.9 cm³/mol. The molecule has 2 fully saturated rings. The van der Waals surface area contributed by atoms with Gasteiger partial charge in [-0.2, -0.15) is 0 Å². The molecule has 0 aliphatic carbocycles. The Morgan fingerprint density at radius 1 is 1.25 bits per heavy atom. The smallest absolute Gasteiger partial charge is 0.399 e. The maximum Gasteiger partial charge on any atom is 0.496 e. The van der Waals surface area contributed by atoms with Crippen LogP contribution in [-0.4, -0.2) is 41.7 Å². The number of carbonyl (C=O) groups is 1.